The Balaban J connectivity index is 1.85. The van der Waals surface area contributed by atoms with E-state index in [-0.39, 0.29) is 18.8 Å². The van der Waals surface area contributed by atoms with Crippen molar-refractivity contribution in [1.82, 2.24) is 4.90 Å². The number of nitrogens with zero attached hydrogens (tertiary/aromatic N) is 2. The highest BCUT2D eigenvalue weighted by Gasteiger charge is 2.49. The molecule has 11 heteroatoms. The largest absolute Gasteiger partial charge is 0.497 e. The molecule has 0 saturated carbocycles. The standard InChI is InChI=1S/C23H24N2O9/c1-14(26)33-20-12-24(23(28)32-13-16-4-8-18(9-5-16)25(29)30)21(22(20)34-15(2)27)17-6-10-19(31-3)11-7-17/h4-11,20-22H,12-13H2,1-3H3/t20-,21+,22-/m0/s1. The third-order valence-electron chi connectivity index (χ3n) is 5.21. The molecule has 0 radical (unpaired) electrons. The zero-order valence-corrected chi connectivity index (χ0v) is 18.8. The fourth-order valence-corrected chi connectivity index (χ4v) is 3.74. The molecule has 34 heavy (non-hydrogen) atoms. The van der Waals surface area contributed by atoms with E-state index in [1.54, 1.807) is 24.3 Å². The molecular formula is C23H24N2O9. The molecule has 0 aromatic heterocycles. The summed E-state index contributed by atoms with van der Waals surface area (Å²) in [7, 11) is 1.52. The number of carbonyl (C=O) groups is 3. The summed E-state index contributed by atoms with van der Waals surface area (Å²) in [6, 6.07) is 11.6. The molecule has 0 aliphatic carbocycles. The molecule has 1 amide bonds. The van der Waals surface area contributed by atoms with Gasteiger partial charge in [-0.1, -0.05) is 12.1 Å². The van der Waals surface area contributed by atoms with Gasteiger partial charge < -0.3 is 18.9 Å². The number of amides is 1. The van der Waals surface area contributed by atoms with Crippen LogP contribution in [0.4, 0.5) is 10.5 Å². The van der Waals surface area contributed by atoms with Crippen molar-refractivity contribution >= 4 is 23.7 Å². The Hall–Kier alpha value is -4.15. The Morgan fingerprint density at radius 3 is 2.15 bits per heavy atom. The SMILES string of the molecule is COc1ccc([C@@H]2[C@@H](OC(C)=O)[C@@H](OC(C)=O)CN2C(=O)OCc2ccc([N+](=O)[O-])cc2)cc1. The lowest BCUT2D eigenvalue weighted by molar-refractivity contribution is -0.384. The van der Waals surface area contributed by atoms with Gasteiger partial charge >= 0.3 is 18.0 Å². The molecule has 0 unspecified atom stereocenters. The summed E-state index contributed by atoms with van der Waals surface area (Å²) >= 11 is 0. The first-order valence-corrected chi connectivity index (χ1v) is 10.3. The van der Waals surface area contributed by atoms with Crippen molar-refractivity contribution in [3.63, 3.8) is 0 Å². The van der Waals surface area contributed by atoms with Gasteiger partial charge in [0, 0.05) is 26.0 Å². The van der Waals surface area contributed by atoms with Gasteiger partial charge in [-0.05, 0) is 35.4 Å². The van der Waals surface area contributed by atoms with E-state index >= 15 is 0 Å². The van der Waals surface area contributed by atoms with Crippen LogP contribution in [-0.4, -0.2) is 53.7 Å². The molecule has 0 N–H and O–H groups in total. The van der Waals surface area contributed by atoms with E-state index in [0.29, 0.717) is 16.9 Å². The van der Waals surface area contributed by atoms with E-state index in [0.717, 1.165) is 0 Å². The molecule has 1 fully saturated rings. The van der Waals surface area contributed by atoms with Crippen LogP contribution in [0.15, 0.2) is 48.5 Å². The molecule has 1 aliphatic rings. The number of esters is 2. The molecule has 1 saturated heterocycles. The summed E-state index contributed by atoms with van der Waals surface area (Å²) in [5, 5.41) is 10.8. The molecule has 1 aliphatic heterocycles. The summed E-state index contributed by atoms with van der Waals surface area (Å²) in [4.78, 5) is 48.1. The van der Waals surface area contributed by atoms with Crippen LogP contribution in [-0.2, 0) is 30.4 Å². The third kappa shape index (κ3) is 5.80. The van der Waals surface area contributed by atoms with Crippen LogP contribution in [0.2, 0.25) is 0 Å². The Labute approximate surface area is 195 Å². The summed E-state index contributed by atoms with van der Waals surface area (Å²) < 4.78 is 21.4. The molecule has 0 spiro atoms. The van der Waals surface area contributed by atoms with Crippen molar-refractivity contribution in [2.24, 2.45) is 0 Å². The number of benzene rings is 2. The number of rotatable bonds is 7. The van der Waals surface area contributed by atoms with Crippen molar-refractivity contribution in [3.8, 4) is 5.75 Å². The van der Waals surface area contributed by atoms with Crippen LogP contribution in [0.1, 0.15) is 31.0 Å². The predicted molar refractivity (Wildman–Crippen MR) is 117 cm³/mol. The summed E-state index contributed by atoms with van der Waals surface area (Å²) in [6.07, 6.45) is -2.59. The topological polar surface area (TPSA) is 135 Å². The quantitative estimate of drug-likeness (QED) is 0.258. The number of nitro benzene ring substituents is 1. The van der Waals surface area contributed by atoms with E-state index in [1.165, 1.54) is 50.1 Å². The maximum atomic E-state index is 13.1. The number of likely N-dealkylation sites (tertiary alicyclic amines) is 1. The van der Waals surface area contributed by atoms with Crippen LogP contribution in [0, 0.1) is 10.1 Å². The Kier molecular flexibility index (Phi) is 7.67. The molecular weight excluding hydrogens is 448 g/mol. The maximum absolute atomic E-state index is 13.1. The molecule has 0 bridgehead atoms. The minimum Gasteiger partial charge on any atom is -0.497 e. The highest BCUT2D eigenvalue weighted by Crippen LogP contribution is 2.37. The summed E-state index contributed by atoms with van der Waals surface area (Å²) in [5.41, 5.74) is 1.09. The van der Waals surface area contributed by atoms with Crippen molar-refractivity contribution < 1.29 is 38.3 Å². The second kappa shape index (κ2) is 10.6. The molecule has 2 aromatic carbocycles. The van der Waals surface area contributed by atoms with Gasteiger partial charge in [0.15, 0.2) is 12.2 Å². The lowest BCUT2D eigenvalue weighted by atomic mass is 10.0. The van der Waals surface area contributed by atoms with E-state index in [4.69, 9.17) is 18.9 Å². The number of hydrogen-bond donors (Lipinski definition) is 0. The van der Waals surface area contributed by atoms with Gasteiger partial charge in [0.25, 0.3) is 5.69 Å². The van der Waals surface area contributed by atoms with E-state index in [9.17, 15) is 24.5 Å². The van der Waals surface area contributed by atoms with Crippen molar-refractivity contribution in [1.29, 1.82) is 0 Å². The normalized spacial score (nSPS) is 19.3. The fraction of sp³-hybridized carbons (Fsp3) is 0.348. The number of ether oxygens (including phenoxy) is 4. The lowest BCUT2D eigenvalue weighted by Crippen LogP contribution is -2.35. The van der Waals surface area contributed by atoms with Gasteiger partial charge in [0.2, 0.25) is 0 Å². The smallest absolute Gasteiger partial charge is 0.410 e. The highest BCUT2D eigenvalue weighted by atomic mass is 16.6. The molecule has 180 valence electrons. The minimum atomic E-state index is -0.957. The van der Waals surface area contributed by atoms with Crippen LogP contribution >= 0.6 is 0 Å². The van der Waals surface area contributed by atoms with E-state index in [2.05, 4.69) is 0 Å². The molecule has 1 heterocycles. The Morgan fingerprint density at radius 2 is 1.62 bits per heavy atom. The second-order valence-corrected chi connectivity index (χ2v) is 7.57. The van der Waals surface area contributed by atoms with Crippen molar-refractivity contribution in [3.05, 3.63) is 69.8 Å². The first-order chi connectivity index (χ1) is 16.2. The number of hydrogen-bond acceptors (Lipinski definition) is 9. The molecule has 3 rings (SSSR count). The zero-order chi connectivity index (χ0) is 24.8. The van der Waals surface area contributed by atoms with E-state index in [1.807, 2.05) is 0 Å². The number of non-ortho nitro benzene ring substituents is 1. The van der Waals surface area contributed by atoms with E-state index < -0.39 is 41.2 Å². The monoisotopic (exact) mass is 472 g/mol. The second-order valence-electron chi connectivity index (χ2n) is 7.57. The molecule has 2 aromatic rings. The average Bonchev–Trinajstić information content (AvgIpc) is 3.14. The van der Waals surface area contributed by atoms with Crippen molar-refractivity contribution in [2.75, 3.05) is 13.7 Å². The zero-order valence-electron chi connectivity index (χ0n) is 18.8. The predicted octanol–water partition coefficient (Wildman–Crippen LogP) is 3.16. The first kappa shape index (κ1) is 24.5. The van der Waals surface area contributed by atoms with Crippen LogP contribution in [0.3, 0.4) is 0 Å². The summed E-state index contributed by atoms with van der Waals surface area (Å²) in [6.45, 7) is 2.25. The minimum absolute atomic E-state index is 0.0622. The molecule has 3 atom stereocenters. The van der Waals surface area contributed by atoms with Crippen LogP contribution in [0.25, 0.3) is 0 Å². The molecule has 11 nitrogen and oxygen atoms in total. The van der Waals surface area contributed by atoms with Gasteiger partial charge in [-0.25, -0.2) is 4.79 Å². The van der Waals surface area contributed by atoms with Gasteiger partial charge in [-0.15, -0.1) is 0 Å². The number of carbonyl (C=O) groups excluding carboxylic acids is 3. The number of methoxy groups -OCH3 is 1. The van der Waals surface area contributed by atoms with Gasteiger partial charge in [-0.3, -0.25) is 24.6 Å². The first-order valence-electron chi connectivity index (χ1n) is 10.3. The third-order valence-corrected chi connectivity index (χ3v) is 5.21. The Morgan fingerprint density at radius 1 is 1.00 bits per heavy atom. The lowest BCUT2D eigenvalue weighted by Gasteiger charge is -2.27. The highest BCUT2D eigenvalue weighted by molar-refractivity contribution is 5.71. The average molecular weight is 472 g/mol. The van der Waals surface area contributed by atoms with Gasteiger partial charge in [0.05, 0.1) is 18.6 Å². The van der Waals surface area contributed by atoms with Crippen LogP contribution in [0.5, 0.6) is 5.75 Å². The van der Waals surface area contributed by atoms with Gasteiger partial charge in [0.1, 0.15) is 18.4 Å². The summed E-state index contributed by atoms with van der Waals surface area (Å²) in [5.74, 6) is -0.590. The fourth-order valence-electron chi connectivity index (χ4n) is 3.74. The Bertz CT molecular complexity index is 1050. The van der Waals surface area contributed by atoms with Crippen LogP contribution < -0.4 is 4.74 Å². The maximum Gasteiger partial charge on any atom is 0.410 e. The number of nitro groups is 1. The van der Waals surface area contributed by atoms with Crippen molar-refractivity contribution in [2.45, 2.75) is 38.7 Å². The van der Waals surface area contributed by atoms with Gasteiger partial charge in [-0.2, -0.15) is 0 Å².